The number of nitrogens with one attached hydrogen (secondary N) is 1. The predicted octanol–water partition coefficient (Wildman–Crippen LogP) is 4.34. The average molecular weight is 406 g/mol. The summed E-state index contributed by atoms with van der Waals surface area (Å²) in [6, 6.07) is 15.8. The molecule has 0 radical (unpaired) electrons. The van der Waals surface area contributed by atoms with Crippen LogP contribution in [0, 0.1) is 6.92 Å². The second-order valence-corrected chi connectivity index (χ2v) is 8.57. The molecular formula is C23H23N3O2S. The number of carbonyl (C=O) groups excluding carboxylic acids is 1. The number of benzene rings is 2. The van der Waals surface area contributed by atoms with Gasteiger partial charge in [0.15, 0.2) is 5.88 Å². The van der Waals surface area contributed by atoms with Gasteiger partial charge >= 0.3 is 0 Å². The van der Waals surface area contributed by atoms with Gasteiger partial charge in [-0.2, -0.15) is 0 Å². The van der Waals surface area contributed by atoms with Gasteiger partial charge in [0.2, 0.25) is 0 Å². The monoisotopic (exact) mass is 405 g/mol. The van der Waals surface area contributed by atoms with Crippen molar-refractivity contribution in [2.75, 3.05) is 26.4 Å². The zero-order valence-electron chi connectivity index (χ0n) is 16.7. The highest BCUT2D eigenvalue weighted by molar-refractivity contribution is 7.99. The Kier molecular flexibility index (Phi) is 5.30. The summed E-state index contributed by atoms with van der Waals surface area (Å²) in [5.41, 5.74) is 4.84. The number of aromatic hydroxyl groups is 1. The molecule has 0 bridgehead atoms. The number of nitrogens with zero attached hydrogens (tertiary/aromatic N) is 2. The van der Waals surface area contributed by atoms with Crippen LogP contribution in [0.2, 0.25) is 0 Å². The fraction of sp³-hybridized carbons (Fsp3) is 0.217. The standard InChI is InChI=1S/C23H23N3O2S/c1-14-4-6-15(7-5-14)20-18-19(23(28)24-20)21(25-22(18)27)16-8-10-17(11-9-16)29-13-12-26(2)3/h4-11,25,27H,12-13H2,1-3H3. The van der Waals surface area contributed by atoms with Crippen LogP contribution in [0.1, 0.15) is 27.0 Å². The van der Waals surface area contributed by atoms with E-state index < -0.39 is 0 Å². The first-order valence-electron chi connectivity index (χ1n) is 9.47. The fourth-order valence-corrected chi connectivity index (χ4v) is 4.37. The van der Waals surface area contributed by atoms with Gasteiger partial charge in [0.25, 0.3) is 5.91 Å². The molecule has 2 N–H and O–H groups in total. The number of aliphatic imine (C=N–C) groups is 1. The second kappa shape index (κ2) is 7.89. The molecule has 1 aromatic heterocycles. The van der Waals surface area contributed by atoms with E-state index in [-0.39, 0.29) is 11.8 Å². The highest BCUT2D eigenvalue weighted by atomic mass is 32.2. The molecule has 5 nitrogen and oxygen atoms in total. The largest absolute Gasteiger partial charge is 0.494 e. The van der Waals surface area contributed by atoms with Crippen LogP contribution in [0.5, 0.6) is 5.88 Å². The van der Waals surface area contributed by atoms with E-state index in [0.717, 1.165) is 29.0 Å². The van der Waals surface area contributed by atoms with E-state index in [1.807, 2.05) is 55.5 Å². The van der Waals surface area contributed by atoms with E-state index >= 15 is 0 Å². The molecule has 6 heteroatoms. The van der Waals surface area contributed by atoms with Crippen molar-refractivity contribution in [2.45, 2.75) is 11.8 Å². The number of aryl methyl sites for hydroxylation is 1. The van der Waals surface area contributed by atoms with Crippen LogP contribution in [-0.4, -0.2) is 53.0 Å². The highest BCUT2D eigenvalue weighted by Crippen LogP contribution is 2.38. The summed E-state index contributed by atoms with van der Waals surface area (Å²) in [4.78, 5) is 23.2. The van der Waals surface area contributed by atoms with Gasteiger partial charge in [-0.05, 0) is 38.7 Å². The first kappa shape index (κ1) is 19.5. The van der Waals surface area contributed by atoms with Crippen molar-refractivity contribution in [3.05, 3.63) is 70.8 Å². The summed E-state index contributed by atoms with van der Waals surface area (Å²) in [5, 5.41) is 10.5. The third-order valence-corrected chi connectivity index (χ3v) is 5.91. The number of thioether (sulfide) groups is 1. The van der Waals surface area contributed by atoms with E-state index in [9.17, 15) is 9.90 Å². The molecule has 0 saturated heterocycles. The van der Waals surface area contributed by atoms with E-state index in [0.29, 0.717) is 22.5 Å². The molecule has 4 rings (SSSR count). The van der Waals surface area contributed by atoms with E-state index in [1.165, 1.54) is 4.90 Å². The number of carbonyl (C=O) groups is 1. The van der Waals surface area contributed by atoms with Crippen molar-refractivity contribution in [1.82, 2.24) is 9.88 Å². The SMILES string of the molecule is Cc1ccc(C2=NC(=O)c3c(-c4ccc(SCCN(C)C)cc4)[nH]c(O)c32)cc1. The van der Waals surface area contributed by atoms with Gasteiger partial charge in [0.05, 0.1) is 22.5 Å². The third-order valence-electron chi connectivity index (χ3n) is 4.92. The number of fused-ring (bicyclic) bond motifs is 1. The van der Waals surface area contributed by atoms with Gasteiger partial charge in [0.1, 0.15) is 0 Å². The molecule has 148 valence electrons. The molecule has 0 atom stereocenters. The molecule has 0 unspecified atom stereocenters. The zero-order chi connectivity index (χ0) is 20.5. The van der Waals surface area contributed by atoms with Crippen LogP contribution in [0.25, 0.3) is 11.3 Å². The van der Waals surface area contributed by atoms with Gasteiger partial charge in [0, 0.05) is 22.8 Å². The molecular weight excluding hydrogens is 382 g/mol. The number of amides is 1. The second-order valence-electron chi connectivity index (χ2n) is 7.41. The van der Waals surface area contributed by atoms with Crippen LogP contribution < -0.4 is 0 Å². The van der Waals surface area contributed by atoms with Gasteiger partial charge in [-0.1, -0.05) is 42.0 Å². The first-order chi connectivity index (χ1) is 13.9. The highest BCUT2D eigenvalue weighted by Gasteiger charge is 2.33. The summed E-state index contributed by atoms with van der Waals surface area (Å²) in [5.74, 6) is 0.660. The molecule has 0 spiro atoms. The number of rotatable bonds is 6. The van der Waals surface area contributed by atoms with Crippen molar-refractivity contribution in [1.29, 1.82) is 0 Å². The molecule has 0 aliphatic carbocycles. The first-order valence-corrected chi connectivity index (χ1v) is 10.5. The summed E-state index contributed by atoms with van der Waals surface area (Å²) in [7, 11) is 4.12. The minimum atomic E-state index is -0.327. The molecule has 0 fully saturated rings. The van der Waals surface area contributed by atoms with Gasteiger partial charge in [-0.3, -0.25) is 4.79 Å². The van der Waals surface area contributed by atoms with Crippen LogP contribution >= 0.6 is 11.8 Å². The molecule has 29 heavy (non-hydrogen) atoms. The Morgan fingerprint density at radius 2 is 1.66 bits per heavy atom. The topological polar surface area (TPSA) is 68.7 Å². The average Bonchev–Trinajstić information content (AvgIpc) is 3.21. The smallest absolute Gasteiger partial charge is 0.280 e. The Morgan fingerprint density at radius 3 is 2.31 bits per heavy atom. The Balaban J connectivity index is 1.63. The summed E-state index contributed by atoms with van der Waals surface area (Å²) in [6.45, 7) is 3.02. The van der Waals surface area contributed by atoms with Gasteiger partial charge in [-0.15, -0.1) is 11.8 Å². The minimum Gasteiger partial charge on any atom is -0.494 e. The summed E-state index contributed by atoms with van der Waals surface area (Å²) >= 11 is 1.79. The zero-order valence-corrected chi connectivity index (χ0v) is 17.5. The number of hydrogen-bond donors (Lipinski definition) is 2. The number of H-pyrrole nitrogens is 1. The van der Waals surface area contributed by atoms with Crippen LogP contribution in [-0.2, 0) is 0 Å². The van der Waals surface area contributed by atoms with E-state index in [2.05, 4.69) is 29.0 Å². The lowest BCUT2D eigenvalue weighted by Gasteiger charge is -2.09. The minimum absolute atomic E-state index is 0.0235. The fourth-order valence-electron chi connectivity index (χ4n) is 3.35. The number of aromatic amines is 1. The third kappa shape index (κ3) is 3.86. The number of aromatic nitrogens is 1. The Labute approximate surface area is 174 Å². The lowest BCUT2D eigenvalue weighted by atomic mass is 9.99. The van der Waals surface area contributed by atoms with Crippen LogP contribution in [0.15, 0.2) is 58.4 Å². The maximum absolute atomic E-state index is 12.7. The lowest BCUT2D eigenvalue weighted by molar-refractivity contribution is 0.101. The van der Waals surface area contributed by atoms with Gasteiger partial charge in [-0.25, -0.2) is 4.99 Å². The maximum Gasteiger partial charge on any atom is 0.280 e. The molecule has 1 aliphatic heterocycles. The predicted molar refractivity (Wildman–Crippen MR) is 118 cm³/mol. The van der Waals surface area contributed by atoms with Crippen molar-refractivity contribution in [3.63, 3.8) is 0 Å². The molecule has 2 aromatic carbocycles. The Bertz CT molecular complexity index is 1080. The van der Waals surface area contributed by atoms with E-state index in [1.54, 1.807) is 11.8 Å². The molecule has 0 saturated carbocycles. The van der Waals surface area contributed by atoms with Gasteiger partial charge < -0.3 is 15.0 Å². The lowest BCUT2D eigenvalue weighted by Crippen LogP contribution is -2.14. The summed E-state index contributed by atoms with van der Waals surface area (Å²) < 4.78 is 0. The van der Waals surface area contributed by atoms with Crippen molar-refractivity contribution in [3.8, 4) is 17.1 Å². The Hall–Kier alpha value is -2.83. The van der Waals surface area contributed by atoms with Crippen molar-refractivity contribution < 1.29 is 9.90 Å². The molecule has 2 heterocycles. The van der Waals surface area contributed by atoms with Crippen molar-refractivity contribution in [2.24, 2.45) is 4.99 Å². The maximum atomic E-state index is 12.7. The van der Waals surface area contributed by atoms with Crippen molar-refractivity contribution >= 4 is 23.4 Å². The quantitative estimate of drug-likeness (QED) is 0.599. The normalized spacial score (nSPS) is 13.1. The number of hydrogen-bond acceptors (Lipinski definition) is 4. The molecule has 3 aromatic rings. The van der Waals surface area contributed by atoms with Crippen LogP contribution in [0.3, 0.4) is 0 Å². The molecule has 1 aliphatic rings. The van der Waals surface area contributed by atoms with Crippen LogP contribution in [0.4, 0.5) is 0 Å². The van der Waals surface area contributed by atoms with E-state index in [4.69, 9.17) is 0 Å². The summed E-state index contributed by atoms with van der Waals surface area (Å²) in [6.07, 6.45) is 0. The molecule has 1 amide bonds. The Morgan fingerprint density at radius 1 is 1.00 bits per heavy atom.